The Kier molecular flexibility index (Phi) is 4.51. The van der Waals surface area contributed by atoms with Crippen LogP contribution < -0.4 is 5.73 Å². The van der Waals surface area contributed by atoms with Crippen molar-refractivity contribution < 1.29 is 9.59 Å². The van der Waals surface area contributed by atoms with Crippen molar-refractivity contribution in [3.05, 3.63) is 30.6 Å². The molecule has 0 aromatic heterocycles. The summed E-state index contributed by atoms with van der Waals surface area (Å²) in [5.41, 5.74) is 8.93. The Morgan fingerprint density at radius 2 is 1.67 bits per heavy atom. The molecule has 0 saturated heterocycles. The van der Waals surface area contributed by atoms with Gasteiger partial charge in [-0.1, -0.05) is 0 Å². The third kappa shape index (κ3) is 2.69. The predicted octanol–water partition coefficient (Wildman–Crippen LogP) is 3.72. The summed E-state index contributed by atoms with van der Waals surface area (Å²) in [6.45, 7) is 0. The van der Waals surface area contributed by atoms with Gasteiger partial charge in [-0.2, -0.15) is 0 Å². The molecule has 0 aliphatic carbocycles. The molecule has 1 rings (SSSR count). The molecule has 0 atom stereocenters. The molecule has 0 spiro atoms. The molecule has 0 unspecified atom stereocenters. The number of hydrogen-bond donors (Lipinski definition) is 0. The molecule has 78 valence electrons. The van der Waals surface area contributed by atoms with Gasteiger partial charge < -0.3 is 0 Å². The van der Waals surface area contributed by atoms with E-state index in [4.69, 9.17) is 5.73 Å². The molecule has 15 heavy (non-hydrogen) atoms. The average Bonchev–Trinajstić information content (AvgIpc) is 2.12. The quantitative estimate of drug-likeness (QED) is 0.497. The number of carbonyl (C=O) groups is 2. The van der Waals surface area contributed by atoms with Crippen molar-refractivity contribution in [3.8, 4) is 0 Å². The maximum absolute atomic E-state index is 11.2. The largest absolute Gasteiger partial charge is 0.296 e. The van der Waals surface area contributed by atoms with Crippen LogP contribution in [0.15, 0.2) is 19.5 Å². The highest BCUT2D eigenvalue weighted by atomic mass is 79.9. The van der Waals surface area contributed by atoms with E-state index in [9.17, 15) is 9.59 Å². The monoisotopic (exact) mass is 459 g/mol. The van der Waals surface area contributed by atoms with Crippen molar-refractivity contribution in [2.45, 2.75) is 0 Å². The molecule has 7 heteroatoms. The Bertz CT molecular complexity index is 458. The van der Waals surface area contributed by atoms with Crippen LogP contribution in [-0.4, -0.2) is 10.6 Å². The van der Waals surface area contributed by atoms with Gasteiger partial charge in [0.1, 0.15) is 0 Å². The van der Waals surface area contributed by atoms with Crippen molar-refractivity contribution in [1.82, 2.24) is 5.73 Å². The minimum absolute atomic E-state index is 0.0705. The third-order valence-electron chi connectivity index (χ3n) is 1.59. The summed E-state index contributed by atoms with van der Waals surface area (Å²) >= 11 is 12.3. The van der Waals surface area contributed by atoms with E-state index in [0.717, 1.165) is 0 Å². The van der Waals surface area contributed by atoms with Gasteiger partial charge in [0, 0.05) is 13.4 Å². The molecule has 3 nitrogen and oxygen atoms in total. The van der Waals surface area contributed by atoms with Crippen LogP contribution in [0.5, 0.6) is 0 Å². The Labute approximate surface area is 119 Å². The summed E-state index contributed by atoms with van der Waals surface area (Å²) in [5.74, 6) is -1.16. The molecule has 0 aliphatic rings. The van der Waals surface area contributed by atoms with Crippen molar-refractivity contribution in [2.75, 3.05) is 0 Å². The molecule has 1 aromatic rings. The third-order valence-corrected chi connectivity index (χ3v) is 5.29. The first-order chi connectivity index (χ1) is 6.86. The fourth-order valence-electron chi connectivity index (χ4n) is 0.956. The topological polar surface area (TPSA) is 56.4 Å². The van der Waals surface area contributed by atoms with Crippen LogP contribution in [-0.2, 0) is 0 Å². The zero-order valence-corrected chi connectivity index (χ0v) is 13.2. The van der Waals surface area contributed by atoms with Gasteiger partial charge >= 0.3 is 0 Å². The van der Waals surface area contributed by atoms with Crippen LogP contribution in [0.2, 0.25) is 0 Å². The summed E-state index contributed by atoms with van der Waals surface area (Å²) in [6, 6.07) is 1.37. The normalized spacial score (nSPS) is 10.1. The molecular weight excluding hydrogens is 462 g/mol. The Morgan fingerprint density at radius 1 is 1.13 bits per heavy atom. The summed E-state index contributed by atoms with van der Waals surface area (Å²) in [4.78, 5) is 22.2. The van der Waals surface area contributed by atoms with Crippen LogP contribution in [0.4, 0.5) is 0 Å². The molecule has 2 radical (unpaired) electrons. The highest BCUT2D eigenvalue weighted by molar-refractivity contribution is 9.18. The van der Waals surface area contributed by atoms with E-state index in [1.165, 1.54) is 6.07 Å². The summed E-state index contributed by atoms with van der Waals surface area (Å²) in [6.07, 6.45) is 0. The van der Waals surface area contributed by atoms with E-state index >= 15 is 0 Å². The van der Waals surface area contributed by atoms with Crippen molar-refractivity contribution >= 4 is 74.3 Å². The Morgan fingerprint density at radius 3 is 2.07 bits per heavy atom. The maximum Gasteiger partial charge on any atom is 0.296 e. The fourth-order valence-corrected chi connectivity index (χ4v) is 3.25. The minimum Gasteiger partial charge on any atom is -0.281 e. The molecule has 0 saturated carbocycles. The second-order valence-electron chi connectivity index (χ2n) is 2.49. The van der Waals surface area contributed by atoms with Gasteiger partial charge in [-0.3, -0.25) is 9.59 Å². The van der Waals surface area contributed by atoms with E-state index in [1.807, 2.05) is 0 Å². The summed E-state index contributed by atoms with van der Waals surface area (Å²) < 4.78 is 1.07. The molecule has 0 fully saturated rings. The molecule has 1 aromatic carbocycles. The van der Waals surface area contributed by atoms with Crippen molar-refractivity contribution in [1.29, 1.82) is 0 Å². The predicted molar refractivity (Wildman–Crippen MR) is 69.3 cm³/mol. The van der Waals surface area contributed by atoms with Gasteiger partial charge in [-0.25, -0.2) is 0 Å². The SMILES string of the molecule is [N]C(=O)c1cc(Br)c(Br)c(Br)c1C(=O)Br. The van der Waals surface area contributed by atoms with Crippen LogP contribution in [0.3, 0.4) is 0 Å². The number of benzene rings is 1. The number of halogens is 4. The van der Waals surface area contributed by atoms with Gasteiger partial charge in [0.05, 0.1) is 11.1 Å². The molecule has 0 bridgehead atoms. The number of nitrogens with zero attached hydrogens (tertiary/aromatic N) is 1. The van der Waals surface area contributed by atoms with Crippen LogP contribution in [0.25, 0.3) is 0 Å². The second-order valence-corrected chi connectivity index (χ2v) is 5.65. The number of hydrogen-bond acceptors (Lipinski definition) is 2. The van der Waals surface area contributed by atoms with Gasteiger partial charge in [-0.05, 0) is 69.8 Å². The smallest absolute Gasteiger partial charge is 0.281 e. The van der Waals surface area contributed by atoms with Crippen molar-refractivity contribution in [3.63, 3.8) is 0 Å². The van der Waals surface area contributed by atoms with Crippen LogP contribution in [0.1, 0.15) is 20.7 Å². The lowest BCUT2D eigenvalue weighted by Gasteiger charge is -2.08. The first-order valence-corrected chi connectivity index (χ1v) is 6.64. The number of amides is 1. The van der Waals surface area contributed by atoms with Gasteiger partial charge in [0.2, 0.25) is 4.69 Å². The maximum atomic E-state index is 11.2. The molecular formula is C8HBr4NO2. The van der Waals surface area contributed by atoms with Crippen LogP contribution >= 0.6 is 63.7 Å². The lowest BCUT2D eigenvalue weighted by Crippen LogP contribution is -2.07. The van der Waals surface area contributed by atoms with E-state index in [1.54, 1.807) is 0 Å². The highest BCUT2D eigenvalue weighted by Gasteiger charge is 2.21. The summed E-state index contributed by atoms with van der Waals surface area (Å²) in [5, 5.41) is 0. The van der Waals surface area contributed by atoms with Crippen molar-refractivity contribution in [2.24, 2.45) is 0 Å². The molecule has 0 heterocycles. The highest BCUT2D eigenvalue weighted by Crippen LogP contribution is 2.36. The lowest BCUT2D eigenvalue weighted by molar-refractivity contribution is 0.0983. The van der Waals surface area contributed by atoms with E-state index in [0.29, 0.717) is 13.4 Å². The van der Waals surface area contributed by atoms with E-state index in [2.05, 4.69) is 63.7 Å². The molecule has 0 aliphatic heterocycles. The average molecular weight is 463 g/mol. The summed E-state index contributed by atoms with van der Waals surface area (Å²) in [7, 11) is 0. The fraction of sp³-hybridized carbons (Fsp3) is 0. The lowest BCUT2D eigenvalue weighted by atomic mass is 10.1. The van der Waals surface area contributed by atoms with E-state index < -0.39 is 10.6 Å². The Balaban J connectivity index is 3.65. The van der Waals surface area contributed by atoms with Gasteiger partial charge in [0.15, 0.2) is 0 Å². The number of rotatable bonds is 2. The standard InChI is InChI=1S/C8HBr4NO2/c9-3-1-2(8(13)15)4(7(12)14)6(11)5(3)10/h1H. The first kappa shape index (κ1) is 13.3. The second kappa shape index (κ2) is 5.07. The van der Waals surface area contributed by atoms with Crippen LogP contribution in [0, 0.1) is 0 Å². The van der Waals surface area contributed by atoms with Gasteiger partial charge in [-0.15, -0.1) is 5.73 Å². The zero-order valence-electron chi connectivity index (χ0n) is 6.85. The minimum atomic E-state index is -1.16. The zero-order chi connectivity index (χ0) is 11.7. The van der Waals surface area contributed by atoms with E-state index in [-0.39, 0.29) is 11.1 Å². The molecule has 1 amide bonds. The molecule has 0 N–H and O–H groups in total. The van der Waals surface area contributed by atoms with Gasteiger partial charge in [0.25, 0.3) is 5.91 Å². The first-order valence-electron chi connectivity index (χ1n) is 3.47. The number of carbonyl (C=O) groups excluding carboxylic acids is 2. The Hall–Kier alpha value is 0.280.